The number of H-pyrrole nitrogens is 1. The smallest absolute Gasteiger partial charge is 0.274 e. The summed E-state index contributed by atoms with van der Waals surface area (Å²) in [5.41, 5.74) is 7.03. The third kappa shape index (κ3) is 2.97. The van der Waals surface area contributed by atoms with Crippen molar-refractivity contribution in [2.45, 2.75) is 0 Å². The Balaban J connectivity index is 1.63. The molecule has 21 heavy (non-hydrogen) atoms. The van der Waals surface area contributed by atoms with Crippen LogP contribution in [-0.4, -0.2) is 37.0 Å². The summed E-state index contributed by atoms with van der Waals surface area (Å²) in [6.45, 7) is 3.13. The maximum absolute atomic E-state index is 12.4. The molecule has 3 N–H and O–H groups in total. The molecule has 1 saturated heterocycles. The summed E-state index contributed by atoms with van der Waals surface area (Å²) in [6, 6.07) is 13.1. The third-order valence-corrected chi connectivity index (χ3v) is 3.76. The number of aromatic nitrogens is 1. The van der Waals surface area contributed by atoms with Crippen LogP contribution in [0.2, 0.25) is 0 Å². The number of aromatic amines is 1. The van der Waals surface area contributed by atoms with Crippen LogP contribution in [0.3, 0.4) is 0 Å². The lowest BCUT2D eigenvalue weighted by atomic mass is 10.1. The van der Waals surface area contributed by atoms with Gasteiger partial charge < -0.3 is 10.6 Å². The average molecular weight is 283 g/mol. The van der Waals surface area contributed by atoms with Crippen molar-refractivity contribution in [2.24, 2.45) is 0 Å². The van der Waals surface area contributed by atoms with Crippen molar-refractivity contribution in [1.82, 2.24) is 4.90 Å². The van der Waals surface area contributed by atoms with Crippen LogP contribution in [-0.2, 0) is 0 Å². The fraction of sp³-hybridized carbons (Fsp3) is 0.250. The van der Waals surface area contributed by atoms with Crippen molar-refractivity contribution < 1.29 is 9.78 Å². The molecule has 108 valence electrons. The van der Waals surface area contributed by atoms with Gasteiger partial charge in [0, 0.05) is 17.3 Å². The van der Waals surface area contributed by atoms with Crippen molar-refractivity contribution in [3.05, 3.63) is 54.2 Å². The van der Waals surface area contributed by atoms with Gasteiger partial charge in [-0.15, -0.1) is 0 Å². The number of carbonyl (C=O) groups excluding carboxylic acids is 1. The first-order chi connectivity index (χ1) is 10.2. The van der Waals surface area contributed by atoms with E-state index in [-0.39, 0.29) is 5.91 Å². The van der Waals surface area contributed by atoms with Crippen molar-refractivity contribution in [3.63, 3.8) is 0 Å². The Morgan fingerprint density at radius 3 is 2.33 bits per heavy atom. The molecule has 1 aromatic heterocycles. The van der Waals surface area contributed by atoms with Crippen LogP contribution in [0.4, 0.5) is 11.5 Å². The Morgan fingerprint density at radius 1 is 1.00 bits per heavy atom. The second-order valence-electron chi connectivity index (χ2n) is 5.15. The molecule has 0 spiro atoms. The van der Waals surface area contributed by atoms with Gasteiger partial charge >= 0.3 is 0 Å². The predicted molar refractivity (Wildman–Crippen MR) is 82.0 cm³/mol. The SMILES string of the molecule is Nc1ccc(C(=O)N2CCN(c3cccc[nH+]3)CC2)cc1. The molecule has 2 heterocycles. The van der Waals surface area contributed by atoms with Gasteiger partial charge in [0.1, 0.15) is 13.1 Å². The van der Waals surface area contributed by atoms with E-state index in [0.717, 1.165) is 32.0 Å². The highest BCUT2D eigenvalue weighted by molar-refractivity contribution is 5.94. The minimum Gasteiger partial charge on any atom is -0.399 e. The molecule has 0 radical (unpaired) electrons. The van der Waals surface area contributed by atoms with Crippen molar-refractivity contribution >= 4 is 17.4 Å². The maximum atomic E-state index is 12.4. The predicted octanol–water partition coefficient (Wildman–Crippen LogP) is 1.05. The largest absolute Gasteiger partial charge is 0.399 e. The second kappa shape index (κ2) is 5.83. The number of nitrogens with zero attached hydrogens (tertiary/aromatic N) is 2. The monoisotopic (exact) mass is 283 g/mol. The molecule has 0 atom stereocenters. The van der Waals surface area contributed by atoms with E-state index in [0.29, 0.717) is 11.3 Å². The number of piperazine rings is 1. The fourth-order valence-electron chi connectivity index (χ4n) is 2.54. The number of pyridine rings is 1. The number of nitrogens with one attached hydrogen (secondary N) is 1. The van der Waals surface area contributed by atoms with Crippen LogP contribution in [0, 0.1) is 0 Å². The Labute approximate surface area is 124 Å². The van der Waals surface area contributed by atoms with Crippen LogP contribution in [0.15, 0.2) is 48.7 Å². The Kier molecular flexibility index (Phi) is 3.73. The normalized spacial score (nSPS) is 15.0. The van der Waals surface area contributed by atoms with Crippen LogP contribution >= 0.6 is 0 Å². The standard InChI is InChI=1S/C16H18N4O/c17-14-6-4-13(5-7-14)16(21)20-11-9-19(10-12-20)15-3-1-2-8-18-15/h1-8H,9-12,17H2/p+1. The van der Waals surface area contributed by atoms with E-state index < -0.39 is 0 Å². The average Bonchev–Trinajstić information content (AvgIpc) is 2.56. The first-order valence-corrected chi connectivity index (χ1v) is 7.10. The Bertz CT molecular complexity index is 604. The molecule has 1 amide bonds. The highest BCUT2D eigenvalue weighted by Crippen LogP contribution is 2.13. The van der Waals surface area contributed by atoms with E-state index in [4.69, 9.17) is 5.73 Å². The summed E-state index contributed by atoms with van der Waals surface area (Å²) >= 11 is 0. The van der Waals surface area contributed by atoms with Gasteiger partial charge in [-0.2, -0.15) is 0 Å². The number of nitrogens with two attached hydrogens (primary N) is 1. The molecular weight excluding hydrogens is 264 g/mol. The van der Waals surface area contributed by atoms with Crippen molar-refractivity contribution in [1.29, 1.82) is 0 Å². The van der Waals surface area contributed by atoms with E-state index in [1.807, 2.05) is 23.2 Å². The highest BCUT2D eigenvalue weighted by atomic mass is 16.2. The zero-order valence-corrected chi connectivity index (χ0v) is 11.8. The van der Waals surface area contributed by atoms with Crippen LogP contribution in [0.5, 0.6) is 0 Å². The number of amides is 1. The van der Waals surface area contributed by atoms with Gasteiger partial charge in [0.2, 0.25) is 0 Å². The van der Waals surface area contributed by atoms with Gasteiger partial charge in [0.05, 0.1) is 19.3 Å². The number of hydrogen-bond acceptors (Lipinski definition) is 3. The van der Waals surface area contributed by atoms with E-state index in [2.05, 4.69) is 16.0 Å². The van der Waals surface area contributed by atoms with Crippen LogP contribution in [0.25, 0.3) is 0 Å². The van der Waals surface area contributed by atoms with Crippen LogP contribution in [0.1, 0.15) is 10.4 Å². The lowest BCUT2D eigenvalue weighted by Gasteiger charge is -2.31. The maximum Gasteiger partial charge on any atom is 0.274 e. The van der Waals surface area contributed by atoms with E-state index >= 15 is 0 Å². The minimum absolute atomic E-state index is 0.0756. The summed E-state index contributed by atoms with van der Waals surface area (Å²) in [5.74, 6) is 1.17. The lowest BCUT2D eigenvalue weighted by molar-refractivity contribution is -0.364. The molecule has 0 bridgehead atoms. The summed E-state index contributed by atoms with van der Waals surface area (Å²) in [5, 5.41) is 0. The summed E-state index contributed by atoms with van der Waals surface area (Å²) in [7, 11) is 0. The molecule has 2 aromatic rings. The zero-order valence-electron chi connectivity index (χ0n) is 11.8. The number of rotatable bonds is 2. The van der Waals surface area contributed by atoms with Crippen molar-refractivity contribution in [3.8, 4) is 0 Å². The molecule has 1 aromatic carbocycles. The minimum atomic E-state index is 0.0756. The molecule has 0 saturated carbocycles. The number of hydrogen-bond donors (Lipinski definition) is 1. The third-order valence-electron chi connectivity index (χ3n) is 3.76. The topological polar surface area (TPSA) is 63.7 Å². The molecular formula is C16H19N4O+. The van der Waals surface area contributed by atoms with Gasteiger partial charge in [0.15, 0.2) is 0 Å². The first kappa shape index (κ1) is 13.4. The summed E-state index contributed by atoms with van der Waals surface area (Å²) in [6.07, 6.45) is 1.92. The molecule has 1 aliphatic rings. The Hall–Kier alpha value is -2.56. The van der Waals surface area contributed by atoms with Gasteiger partial charge in [-0.05, 0) is 30.3 Å². The van der Waals surface area contributed by atoms with Gasteiger partial charge in [-0.3, -0.25) is 9.69 Å². The second-order valence-corrected chi connectivity index (χ2v) is 5.15. The number of anilines is 2. The lowest BCUT2D eigenvalue weighted by Crippen LogP contribution is -2.50. The highest BCUT2D eigenvalue weighted by Gasteiger charge is 2.26. The van der Waals surface area contributed by atoms with E-state index in [1.165, 1.54) is 0 Å². The molecule has 5 heteroatoms. The fourth-order valence-corrected chi connectivity index (χ4v) is 2.54. The summed E-state index contributed by atoms with van der Waals surface area (Å²) < 4.78 is 0. The number of nitrogen functional groups attached to an aromatic ring is 1. The van der Waals surface area contributed by atoms with E-state index in [1.54, 1.807) is 24.3 Å². The quantitative estimate of drug-likeness (QED) is 0.838. The van der Waals surface area contributed by atoms with Gasteiger partial charge in [-0.25, -0.2) is 4.98 Å². The molecule has 1 aliphatic heterocycles. The molecule has 0 aliphatic carbocycles. The van der Waals surface area contributed by atoms with Gasteiger partial charge in [-0.1, -0.05) is 6.07 Å². The molecule has 5 nitrogen and oxygen atoms in total. The molecule has 1 fully saturated rings. The van der Waals surface area contributed by atoms with Crippen molar-refractivity contribution in [2.75, 3.05) is 36.8 Å². The number of benzene rings is 1. The Morgan fingerprint density at radius 2 is 1.71 bits per heavy atom. The van der Waals surface area contributed by atoms with E-state index in [9.17, 15) is 4.79 Å². The number of carbonyl (C=O) groups is 1. The molecule has 0 unspecified atom stereocenters. The van der Waals surface area contributed by atoms with Crippen LogP contribution < -0.4 is 15.6 Å². The van der Waals surface area contributed by atoms with Gasteiger partial charge in [0.25, 0.3) is 11.7 Å². The first-order valence-electron chi connectivity index (χ1n) is 7.10. The summed E-state index contributed by atoms with van der Waals surface area (Å²) in [4.78, 5) is 19.8. The molecule has 3 rings (SSSR count). The zero-order chi connectivity index (χ0) is 14.7.